The lowest BCUT2D eigenvalue weighted by molar-refractivity contribution is 1.40. The Morgan fingerprint density at radius 2 is 1.89 bits per heavy atom. The SMILES string of the molecule is Nc1nc2ccc(-c3ccc(Cl)cc3Cl)nc2s1. The van der Waals surface area contributed by atoms with Crippen LogP contribution in [0.5, 0.6) is 0 Å². The summed E-state index contributed by atoms with van der Waals surface area (Å²) in [5.74, 6) is 0. The highest BCUT2D eigenvalue weighted by molar-refractivity contribution is 7.21. The number of benzene rings is 1. The molecule has 3 rings (SSSR count). The van der Waals surface area contributed by atoms with Gasteiger partial charge in [0.15, 0.2) is 5.13 Å². The molecule has 18 heavy (non-hydrogen) atoms. The van der Waals surface area contributed by atoms with Crippen LogP contribution >= 0.6 is 34.5 Å². The predicted molar refractivity (Wildman–Crippen MR) is 77.3 cm³/mol. The van der Waals surface area contributed by atoms with E-state index in [1.165, 1.54) is 11.3 Å². The van der Waals surface area contributed by atoms with Gasteiger partial charge in [-0.3, -0.25) is 0 Å². The van der Waals surface area contributed by atoms with E-state index in [0.717, 1.165) is 21.6 Å². The first-order chi connectivity index (χ1) is 8.63. The smallest absolute Gasteiger partial charge is 0.182 e. The predicted octanol–water partition coefficient (Wildman–Crippen LogP) is 4.25. The van der Waals surface area contributed by atoms with Gasteiger partial charge in [-0.2, -0.15) is 0 Å². The molecular formula is C12H7Cl2N3S. The van der Waals surface area contributed by atoms with Crippen LogP contribution < -0.4 is 5.73 Å². The Hall–Kier alpha value is -1.36. The lowest BCUT2D eigenvalue weighted by atomic mass is 10.1. The number of halogens is 2. The molecule has 0 saturated heterocycles. The van der Waals surface area contributed by atoms with Gasteiger partial charge in [0.1, 0.15) is 10.3 Å². The lowest BCUT2D eigenvalue weighted by Gasteiger charge is -2.03. The highest BCUT2D eigenvalue weighted by Gasteiger charge is 2.08. The number of aromatic nitrogens is 2. The maximum absolute atomic E-state index is 6.16. The van der Waals surface area contributed by atoms with E-state index in [0.29, 0.717) is 15.2 Å². The van der Waals surface area contributed by atoms with Gasteiger partial charge in [0.05, 0.1) is 10.7 Å². The third kappa shape index (κ3) is 2.03. The zero-order valence-corrected chi connectivity index (χ0v) is 11.4. The molecular weight excluding hydrogens is 289 g/mol. The maximum atomic E-state index is 6.16. The molecule has 2 aromatic heterocycles. The van der Waals surface area contributed by atoms with E-state index in [4.69, 9.17) is 28.9 Å². The van der Waals surface area contributed by atoms with E-state index in [-0.39, 0.29) is 0 Å². The van der Waals surface area contributed by atoms with Crippen LogP contribution in [0.4, 0.5) is 5.13 Å². The maximum Gasteiger partial charge on any atom is 0.182 e. The Bertz CT molecular complexity index is 739. The summed E-state index contributed by atoms with van der Waals surface area (Å²) in [4.78, 5) is 9.47. The van der Waals surface area contributed by atoms with Crippen molar-refractivity contribution in [3.63, 3.8) is 0 Å². The van der Waals surface area contributed by atoms with E-state index in [1.54, 1.807) is 12.1 Å². The Morgan fingerprint density at radius 1 is 1.06 bits per heavy atom. The first-order valence-electron chi connectivity index (χ1n) is 5.12. The zero-order valence-electron chi connectivity index (χ0n) is 9.02. The highest BCUT2D eigenvalue weighted by atomic mass is 35.5. The number of nitrogens with zero attached hydrogens (tertiary/aromatic N) is 2. The molecule has 0 amide bonds. The van der Waals surface area contributed by atoms with Gasteiger partial charge in [0.2, 0.25) is 0 Å². The number of thiazole rings is 1. The molecule has 3 nitrogen and oxygen atoms in total. The molecule has 2 N–H and O–H groups in total. The van der Waals surface area contributed by atoms with E-state index in [2.05, 4.69) is 9.97 Å². The summed E-state index contributed by atoms with van der Waals surface area (Å²) in [5, 5.41) is 1.69. The fourth-order valence-electron chi connectivity index (χ4n) is 1.68. The van der Waals surface area contributed by atoms with Crippen molar-refractivity contribution in [2.24, 2.45) is 0 Å². The second-order valence-electron chi connectivity index (χ2n) is 3.70. The lowest BCUT2D eigenvalue weighted by Crippen LogP contribution is -1.84. The molecule has 0 bridgehead atoms. The molecule has 90 valence electrons. The average molecular weight is 296 g/mol. The minimum absolute atomic E-state index is 0.511. The number of pyridine rings is 1. The number of nitrogen functional groups attached to an aromatic ring is 1. The molecule has 6 heteroatoms. The summed E-state index contributed by atoms with van der Waals surface area (Å²) in [5.41, 5.74) is 8.08. The molecule has 3 aromatic rings. The van der Waals surface area contributed by atoms with Crippen LogP contribution in [0, 0.1) is 0 Å². The van der Waals surface area contributed by atoms with Crippen molar-refractivity contribution in [1.82, 2.24) is 9.97 Å². The zero-order chi connectivity index (χ0) is 12.7. The van der Waals surface area contributed by atoms with Crippen LogP contribution in [0.3, 0.4) is 0 Å². The molecule has 0 spiro atoms. The number of hydrogen-bond donors (Lipinski definition) is 1. The first kappa shape index (κ1) is 11.7. The van der Waals surface area contributed by atoms with Crippen molar-refractivity contribution in [2.75, 3.05) is 5.73 Å². The molecule has 2 heterocycles. The molecule has 1 aromatic carbocycles. The molecule has 0 saturated carbocycles. The largest absolute Gasteiger partial charge is 0.375 e. The van der Waals surface area contributed by atoms with Crippen molar-refractivity contribution in [1.29, 1.82) is 0 Å². The van der Waals surface area contributed by atoms with Crippen molar-refractivity contribution in [2.45, 2.75) is 0 Å². The van der Waals surface area contributed by atoms with Gasteiger partial charge in [-0.05, 0) is 30.3 Å². The molecule has 0 aliphatic rings. The Morgan fingerprint density at radius 3 is 2.67 bits per heavy atom. The summed E-state index contributed by atoms with van der Waals surface area (Å²) in [6, 6.07) is 9.09. The number of hydrogen-bond acceptors (Lipinski definition) is 4. The fourth-order valence-corrected chi connectivity index (χ4v) is 2.89. The van der Waals surface area contributed by atoms with Crippen LogP contribution in [0.15, 0.2) is 30.3 Å². The van der Waals surface area contributed by atoms with Gasteiger partial charge in [-0.25, -0.2) is 9.97 Å². The van der Waals surface area contributed by atoms with E-state index in [1.807, 2.05) is 18.2 Å². The second-order valence-corrected chi connectivity index (χ2v) is 5.55. The van der Waals surface area contributed by atoms with Crippen LogP contribution in [0.25, 0.3) is 21.6 Å². The third-order valence-corrected chi connectivity index (χ3v) is 3.82. The molecule has 0 atom stereocenters. The standard InChI is InChI=1S/C12H7Cl2N3S/c13-6-1-2-7(8(14)5-6)9-3-4-10-11(16-9)18-12(15)17-10/h1-5H,(H2,15,17). The molecule has 0 radical (unpaired) electrons. The number of rotatable bonds is 1. The van der Waals surface area contributed by atoms with Gasteiger partial charge in [0.25, 0.3) is 0 Å². The molecule has 0 fully saturated rings. The highest BCUT2D eigenvalue weighted by Crippen LogP contribution is 2.31. The van der Waals surface area contributed by atoms with Crippen molar-refractivity contribution < 1.29 is 0 Å². The summed E-state index contributed by atoms with van der Waals surface area (Å²) in [7, 11) is 0. The fraction of sp³-hybridized carbons (Fsp3) is 0. The Balaban J connectivity index is 2.18. The molecule has 0 aliphatic carbocycles. The Kier molecular flexibility index (Phi) is 2.86. The minimum atomic E-state index is 0.511. The van der Waals surface area contributed by atoms with Gasteiger partial charge < -0.3 is 5.73 Å². The number of nitrogens with two attached hydrogens (primary N) is 1. The van der Waals surface area contributed by atoms with Crippen LogP contribution in [0.2, 0.25) is 10.0 Å². The topological polar surface area (TPSA) is 51.8 Å². The van der Waals surface area contributed by atoms with Gasteiger partial charge >= 0.3 is 0 Å². The quantitative estimate of drug-likeness (QED) is 0.730. The summed E-state index contributed by atoms with van der Waals surface area (Å²) in [6.45, 7) is 0. The first-order valence-corrected chi connectivity index (χ1v) is 6.69. The Labute approximate surface area is 117 Å². The summed E-state index contributed by atoms with van der Waals surface area (Å²) in [6.07, 6.45) is 0. The van der Waals surface area contributed by atoms with Crippen molar-refractivity contribution in [3.05, 3.63) is 40.4 Å². The normalized spacial score (nSPS) is 11.0. The average Bonchev–Trinajstić information content (AvgIpc) is 2.68. The summed E-state index contributed by atoms with van der Waals surface area (Å²) >= 11 is 13.4. The van der Waals surface area contributed by atoms with Crippen LogP contribution in [-0.2, 0) is 0 Å². The molecule has 0 unspecified atom stereocenters. The van der Waals surface area contributed by atoms with Gasteiger partial charge in [-0.15, -0.1) is 0 Å². The van der Waals surface area contributed by atoms with E-state index >= 15 is 0 Å². The van der Waals surface area contributed by atoms with Crippen LogP contribution in [0.1, 0.15) is 0 Å². The van der Waals surface area contributed by atoms with E-state index in [9.17, 15) is 0 Å². The number of fused-ring (bicyclic) bond motifs is 1. The minimum Gasteiger partial charge on any atom is -0.375 e. The van der Waals surface area contributed by atoms with Gasteiger partial charge in [0, 0.05) is 10.6 Å². The van der Waals surface area contributed by atoms with Gasteiger partial charge in [-0.1, -0.05) is 34.5 Å². The third-order valence-electron chi connectivity index (χ3n) is 2.48. The number of anilines is 1. The summed E-state index contributed by atoms with van der Waals surface area (Å²) < 4.78 is 0. The van der Waals surface area contributed by atoms with Crippen molar-refractivity contribution >= 4 is 50.0 Å². The van der Waals surface area contributed by atoms with Crippen LogP contribution in [-0.4, -0.2) is 9.97 Å². The second kappa shape index (κ2) is 4.39. The van der Waals surface area contributed by atoms with Crippen molar-refractivity contribution in [3.8, 4) is 11.3 Å². The monoisotopic (exact) mass is 295 g/mol. The molecule has 0 aliphatic heterocycles. The van der Waals surface area contributed by atoms with E-state index < -0.39 is 0 Å².